The lowest BCUT2D eigenvalue weighted by atomic mass is 9.93. The highest BCUT2D eigenvalue weighted by molar-refractivity contribution is 7.93. The average Bonchev–Trinajstić information content (AvgIpc) is 3.34. The largest absolute Gasteiger partial charge is 0.351 e. The van der Waals surface area contributed by atoms with Crippen molar-refractivity contribution in [2.24, 2.45) is 5.14 Å². The van der Waals surface area contributed by atoms with E-state index in [0.717, 1.165) is 36.4 Å². The van der Waals surface area contributed by atoms with Crippen LogP contribution >= 0.6 is 0 Å². The van der Waals surface area contributed by atoms with Gasteiger partial charge in [0.05, 0.1) is 22.3 Å². The van der Waals surface area contributed by atoms with Crippen LogP contribution in [0.15, 0.2) is 71.8 Å². The van der Waals surface area contributed by atoms with E-state index in [1.165, 1.54) is 47.5 Å². The third-order valence-corrected chi connectivity index (χ3v) is 10.9. The summed E-state index contributed by atoms with van der Waals surface area (Å²) in [5, 5.41) is 18.0. The first kappa shape index (κ1) is 32.1. The molecule has 1 saturated heterocycles. The number of hydrogen-bond acceptors (Lipinski definition) is 8. The van der Waals surface area contributed by atoms with Gasteiger partial charge in [0, 0.05) is 17.9 Å². The Kier molecular flexibility index (Phi) is 9.24. The van der Waals surface area contributed by atoms with Gasteiger partial charge in [-0.05, 0) is 67.6 Å². The summed E-state index contributed by atoms with van der Waals surface area (Å²) in [5.74, 6) is -1.74. The molecule has 1 aliphatic carbocycles. The molecule has 0 spiro atoms. The Morgan fingerprint density at radius 2 is 1.80 bits per heavy atom. The Balaban J connectivity index is 1.69. The zero-order valence-electron chi connectivity index (χ0n) is 24.7. The van der Waals surface area contributed by atoms with Crippen molar-refractivity contribution in [3.05, 3.63) is 83.6 Å². The smallest absolute Gasteiger partial charge is 0.252 e. The topological polar surface area (TPSA) is 184 Å². The summed E-state index contributed by atoms with van der Waals surface area (Å²) in [6.45, 7) is 1.79. The molecule has 1 aliphatic heterocycles. The second-order valence-corrected chi connectivity index (χ2v) is 14.8. The van der Waals surface area contributed by atoms with Crippen LogP contribution in [0, 0.1) is 18.3 Å². The molecule has 1 aromatic heterocycles. The first-order valence-corrected chi connectivity index (χ1v) is 17.8. The molecule has 236 valence electrons. The van der Waals surface area contributed by atoms with Crippen LogP contribution in [-0.2, 0) is 29.6 Å². The SMILES string of the molecule is Cc1ccccc1[C@@H](C(=O)NC1CCCCC1)N(C(=O)[C@@H]1CCS(=O)(=O)N1c1cc(C#N)ccn1)c1cccc(S(N)(=O)=O)c1. The van der Waals surface area contributed by atoms with Gasteiger partial charge in [-0.2, -0.15) is 5.26 Å². The normalized spacial score (nSPS) is 19.0. The van der Waals surface area contributed by atoms with Crippen LogP contribution < -0.4 is 19.7 Å². The molecule has 5 rings (SSSR count). The summed E-state index contributed by atoms with van der Waals surface area (Å²) in [4.78, 5) is 34.2. The molecule has 3 N–H and O–H groups in total. The van der Waals surface area contributed by atoms with Crippen LogP contribution in [-0.4, -0.2) is 51.5 Å². The molecule has 0 radical (unpaired) electrons. The van der Waals surface area contributed by atoms with Crippen molar-refractivity contribution in [2.45, 2.75) is 68.5 Å². The molecule has 14 heteroatoms. The number of pyridine rings is 1. The maximum atomic E-state index is 14.8. The van der Waals surface area contributed by atoms with Crippen LogP contribution in [0.25, 0.3) is 0 Å². The van der Waals surface area contributed by atoms with Crippen LogP contribution in [0.4, 0.5) is 11.5 Å². The van der Waals surface area contributed by atoms with Gasteiger partial charge < -0.3 is 5.32 Å². The van der Waals surface area contributed by atoms with E-state index in [4.69, 9.17) is 5.14 Å². The molecule has 0 unspecified atom stereocenters. The molecule has 2 atom stereocenters. The van der Waals surface area contributed by atoms with Crippen molar-refractivity contribution in [1.29, 1.82) is 5.26 Å². The molecule has 2 heterocycles. The molecule has 45 heavy (non-hydrogen) atoms. The molecule has 3 aromatic rings. The van der Waals surface area contributed by atoms with Crippen molar-refractivity contribution < 1.29 is 26.4 Å². The number of hydrogen-bond donors (Lipinski definition) is 2. The number of benzene rings is 2. The van der Waals surface area contributed by atoms with Gasteiger partial charge in [-0.1, -0.05) is 49.6 Å². The summed E-state index contributed by atoms with van der Waals surface area (Å²) in [6, 6.07) is 14.3. The Bertz CT molecular complexity index is 1870. The molecule has 2 aromatic carbocycles. The summed E-state index contributed by atoms with van der Waals surface area (Å²) in [6.07, 6.45) is 5.66. The van der Waals surface area contributed by atoms with E-state index in [9.17, 15) is 31.7 Å². The third-order valence-electron chi connectivity index (χ3n) is 8.22. The number of aryl methyl sites for hydroxylation is 1. The second-order valence-electron chi connectivity index (χ2n) is 11.3. The lowest BCUT2D eigenvalue weighted by Crippen LogP contribution is -2.53. The Morgan fingerprint density at radius 1 is 1.07 bits per heavy atom. The highest BCUT2D eigenvalue weighted by Gasteiger charge is 2.47. The fraction of sp³-hybridized carbons (Fsp3) is 0.355. The lowest BCUT2D eigenvalue weighted by Gasteiger charge is -2.36. The van der Waals surface area contributed by atoms with Gasteiger partial charge in [-0.15, -0.1) is 0 Å². The molecule has 2 aliphatic rings. The predicted molar refractivity (Wildman–Crippen MR) is 168 cm³/mol. The van der Waals surface area contributed by atoms with E-state index in [2.05, 4.69) is 10.3 Å². The number of anilines is 2. The van der Waals surface area contributed by atoms with Crippen molar-refractivity contribution in [3.8, 4) is 6.07 Å². The number of sulfonamides is 2. The van der Waals surface area contributed by atoms with Gasteiger partial charge in [0.2, 0.25) is 26.0 Å². The number of amides is 2. The second kappa shape index (κ2) is 13.0. The van der Waals surface area contributed by atoms with E-state index in [1.807, 2.05) is 6.07 Å². The first-order chi connectivity index (χ1) is 21.4. The van der Waals surface area contributed by atoms with Gasteiger partial charge in [0.15, 0.2) is 0 Å². The molecule has 2 fully saturated rings. The van der Waals surface area contributed by atoms with E-state index in [-0.39, 0.29) is 40.2 Å². The third kappa shape index (κ3) is 6.85. The minimum Gasteiger partial charge on any atom is -0.351 e. The van der Waals surface area contributed by atoms with E-state index < -0.39 is 43.9 Å². The molecule has 12 nitrogen and oxygen atoms in total. The molecular formula is C31H34N6O6S2. The van der Waals surface area contributed by atoms with Crippen LogP contribution in [0.1, 0.15) is 61.3 Å². The summed E-state index contributed by atoms with van der Waals surface area (Å²) < 4.78 is 52.4. The van der Waals surface area contributed by atoms with Crippen molar-refractivity contribution in [3.63, 3.8) is 0 Å². The maximum absolute atomic E-state index is 14.8. The van der Waals surface area contributed by atoms with Gasteiger partial charge in [0.25, 0.3) is 5.91 Å². The predicted octanol–water partition coefficient (Wildman–Crippen LogP) is 3.04. The number of carbonyl (C=O) groups is 2. The Hall–Kier alpha value is -4.32. The zero-order chi connectivity index (χ0) is 32.4. The number of nitriles is 1. The highest BCUT2D eigenvalue weighted by atomic mass is 32.2. The van der Waals surface area contributed by atoms with Crippen molar-refractivity contribution >= 4 is 43.4 Å². The highest BCUT2D eigenvalue weighted by Crippen LogP contribution is 2.36. The Morgan fingerprint density at radius 3 is 2.49 bits per heavy atom. The number of nitrogens with zero attached hydrogens (tertiary/aromatic N) is 4. The number of nitrogens with two attached hydrogens (primary N) is 1. The van der Waals surface area contributed by atoms with Crippen LogP contribution in [0.2, 0.25) is 0 Å². The number of carbonyl (C=O) groups excluding carboxylic acids is 2. The minimum atomic E-state index is -4.21. The average molecular weight is 651 g/mol. The van der Waals surface area contributed by atoms with Gasteiger partial charge in [0.1, 0.15) is 17.9 Å². The zero-order valence-corrected chi connectivity index (χ0v) is 26.3. The number of nitrogens with one attached hydrogen (secondary N) is 1. The fourth-order valence-corrected chi connectivity index (χ4v) is 8.24. The maximum Gasteiger partial charge on any atom is 0.252 e. The molecular weight excluding hydrogens is 617 g/mol. The minimum absolute atomic E-state index is 0.0431. The monoisotopic (exact) mass is 650 g/mol. The summed E-state index contributed by atoms with van der Waals surface area (Å²) in [7, 11) is -8.26. The quantitative estimate of drug-likeness (QED) is 0.373. The van der Waals surface area contributed by atoms with E-state index in [0.29, 0.717) is 11.1 Å². The Labute approximate surface area is 263 Å². The fourth-order valence-electron chi connectivity index (χ4n) is 6.00. The van der Waals surface area contributed by atoms with Crippen LogP contribution in [0.3, 0.4) is 0 Å². The lowest BCUT2D eigenvalue weighted by molar-refractivity contribution is -0.127. The van der Waals surface area contributed by atoms with E-state index >= 15 is 0 Å². The van der Waals surface area contributed by atoms with Gasteiger partial charge >= 0.3 is 0 Å². The van der Waals surface area contributed by atoms with Crippen molar-refractivity contribution in [2.75, 3.05) is 15.0 Å². The van der Waals surface area contributed by atoms with Crippen molar-refractivity contribution in [1.82, 2.24) is 10.3 Å². The first-order valence-electron chi connectivity index (χ1n) is 14.6. The molecule has 1 saturated carbocycles. The molecule has 0 bridgehead atoms. The van der Waals surface area contributed by atoms with E-state index in [1.54, 1.807) is 31.2 Å². The molecule has 2 amide bonds. The van der Waals surface area contributed by atoms with Gasteiger partial charge in [-0.3, -0.25) is 14.5 Å². The van der Waals surface area contributed by atoms with Crippen LogP contribution in [0.5, 0.6) is 0 Å². The van der Waals surface area contributed by atoms with Gasteiger partial charge in [-0.25, -0.2) is 31.3 Å². The number of primary sulfonamides is 1. The summed E-state index contributed by atoms with van der Waals surface area (Å²) in [5.41, 5.74) is 1.37. The summed E-state index contributed by atoms with van der Waals surface area (Å²) >= 11 is 0. The standard InChI is InChI=1S/C31H34N6O6S2/c1-21-8-5-6-13-26(21)29(30(38)35-23-9-3-2-4-10-23)36(24-11-7-12-25(19-24)45(33,42)43)31(39)27-15-17-44(40,41)37(27)28-18-22(20-32)14-16-34-28/h5-8,11-14,16,18-19,23,27,29H,2-4,9-10,15,17H2,1H3,(H,35,38)(H2,33,42,43)/t27-,29-/m0/s1. The number of aromatic nitrogens is 1. The number of rotatable bonds is 8.